The predicted octanol–water partition coefficient (Wildman–Crippen LogP) is 4.54. The van der Waals surface area contributed by atoms with Crippen molar-refractivity contribution in [2.45, 2.75) is 6.92 Å². The SMILES string of the molecule is Cc1cccc(Nc2cc(C(=O)Nc3ccc(Br)cc3)ncn2)c1. The Morgan fingerprint density at radius 2 is 1.79 bits per heavy atom. The summed E-state index contributed by atoms with van der Waals surface area (Å²) in [5.41, 5.74) is 3.05. The van der Waals surface area contributed by atoms with Crippen LogP contribution in [0.25, 0.3) is 0 Å². The number of halogens is 1. The van der Waals surface area contributed by atoms with Gasteiger partial charge >= 0.3 is 0 Å². The predicted molar refractivity (Wildman–Crippen MR) is 98.6 cm³/mol. The Morgan fingerprint density at radius 3 is 2.54 bits per heavy atom. The van der Waals surface area contributed by atoms with E-state index in [0.717, 1.165) is 15.7 Å². The van der Waals surface area contributed by atoms with E-state index in [2.05, 4.69) is 36.5 Å². The van der Waals surface area contributed by atoms with Crippen LogP contribution >= 0.6 is 15.9 Å². The average molecular weight is 383 g/mol. The molecular weight excluding hydrogens is 368 g/mol. The Bertz CT molecular complexity index is 865. The van der Waals surface area contributed by atoms with Crippen LogP contribution in [0.3, 0.4) is 0 Å². The van der Waals surface area contributed by atoms with Gasteiger partial charge in [-0.1, -0.05) is 28.1 Å². The highest BCUT2D eigenvalue weighted by Gasteiger charge is 2.09. The third-order valence-corrected chi connectivity index (χ3v) is 3.82. The lowest BCUT2D eigenvalue weighted by Crippen LogP contribution is -2.14. The van der Waals surface area contributed by atoms with Gasteiger partial charge in [0.1, 0.15) is 17.8 Å². The molecule has 0 unspecified atom stereocenters. The molecule has 0 radical (unpaired) electrons. The molecule has 1 heterocycles. The summed E-state index contributed by atoms with van der Waals surface area (Å²) in [7, 11) is 0. The number of benzene rings is 2. The van der Waals surface area contributed by atoms with E-state index in [1.807, 2.05) is 55.5 Å². The molecule has 0 saturated heterocycles. The van der Waals surface area contributed by atoms with E-state index in [0.29, 0.717) is 17.2 Å². The lowest BCUT2D eigenvalue weighted by molar-refractivity contribution is 0.102. The molecule has 5 nitrogen and oxygen atoms in total. The highest BCUT2D eigenvalue weighted by Crippen LogP contribution is 2.17. The number of aromatic nitrogens is 2. The normalized spacial score (nSPS) is 10.2. The van der Waals surface area contributed by atoms with Crippen molar-refractivity contribution < 1.29 is 4.79 Å². The van der Waals surface area contributed by atoms with Crippen molar-refractivity contribution in [2.75, 3.05) is 10.6 Å². The van der Waals surface area contributed by atoms with E-state index in [1.165, 1.54) is 6.33 Å². The summed E-state index contributed by atoms with van der Waals surface area (Å²) in [6.45, 7) is 2.02. The first kappa shape index (κ1) is 16.1. The second-order valence-corrected chi connectivity index (χ2v) is 6.16. The molecule has 0 aliphatic carbocycles. The van der Waals surface area contributed by atoms with E-state index in [1.54, 1.807) is 6.07 Å². The lowest BCUT2D eigenvalue weighted by atomic mass is 10.2. The Balaban J connectivity index is 1.74. The van der Waals surface area contributed by atoms with Crippen molar-refractivity contribution in [3.05, 3.63) is 76.7 Å². The Morgan fingerprint density at radius 1 is 1.00 bits per heavy atom. The van der Waals surface area contributed by atoms with Gasteiger partial charge in [-0.2, -0.15) is 0 Å². The van der Waals surface area contributed by atoms with Crippen molar-refractivity contribution in [1.82, 2.24) is 9.97 Å². The van der Waals surface area contributed by atoms with Gasteiger partial charge in [-0.3, -0.25) is 4.79 Å². The van der Waals surface area contributed by atoms with Crippen LogP contribution in [-0.2, 0) is 0 Å². The molecule has 0 saturated carbocycles. The highest BCUT2D eigenvalue weighted by molar-refractivity contribution is 9.10. The summed E-state index contributed by atoms with van der Waals surface area (Å²) >= 11 is 3.36. The van der Waals surface area contributed by atoms with Gasteiger partial charge in [0.2, 0.25) is 0 Å². The lowest BCUT2D eigenvalue weighted by Gasteiger charge is -2.08. The molecule has 0 atom stereocenters. The van der Waals surface area contributed by atoms with Crippen LogP contribution < -0.4 is 10.6 Å². The standard InChI is InChI=1S/C18H15BrN4O/c1-12-3-2-4-15(9-12)22-17-10-16(20-11-21-17)18(24)23-14-7-5-13(19)6-8-14/h2-11H,1H3,(H,23,24)(H,20,21,22). The summed E-state index contributed by atoms with van der Waals surface area (Å²) in [6, 6.07) is 16.9. The molecule has 120 valence electrons. The Labute approximate surface area is 148 Å². The molecule has 0 aliphatic heterocycles. The first-order chi connectivity index (χ1) is 11.6. The van der Waals surface area contributed by atoms with Crippen LogP contribution in [0.2, 0.25) is 0 Å². The van der Waals surface area contributed by atoms with Gasteiger partial charge in [-0.15, -0.1) is 0 Å². The smallest absolute Gasteiger partial charge is 0.274 e. The number of hydrogen-bond donors (Lipinski definition) is 2. The van der Waals surface area contributed by atoms with Crippen LogP contribution in [0, 0.1) is 6.92 Å². The van der Waals surface area contributed by atoms with Crippen LogP contribution in [0.4, 0.5) is 17.2 Å². The van der Waals surface area contributed by atoms with Gasteiger partial charge in [0.05, 0.1) is 0 Å². The van der Waals surface area contributed by atoms with Crippen molar-refractivity contribution in [3.8, 4) is 0 Å². The molecule has 0 spiro atoms. The van der Waals surface area contributed by atoms with Crippen LogP contribution in [0.5, 0.6) is 0 Å². The Kier molecular flexibility index (Phi) is 4.86. The van der Waals surface area contributed by atoms with E-state index in [-0.39, 0.29) is 5.91 Å². The minimum atomic E-state index is -0.285. The number of nitrogens with zero attached hydrogens (tertiary/aromatic N) is 2. The second-order valence-electron chi connectivity index (χ2n) is 5.24. The Hall–Kier alpha value is -2.73. The van der Waals surface area contributed by atoms with Crippen LogP contribution in [0.1, 0.15) is 16.1 Å². The zero-order valence-electron chi connectivity index (χ0n) is 13.0. The molecule has 2 N–H and O–H groups in total. The van der Waals surface area contributed by atoms with E-state index < -0.39 is 0 Å². The van der Waals surface area contributed by atoms with Crippen molar-refractivity contribution >= 4 is 39.0 Å². The largest absolute Gasteiger partial charge is 0.340 e. The monoisotopic (exact) mass is 382 g/mol. The van der Waals surface area contributed by atoms with Crippen molar-refractivity contribution in [2.24, 2.45) is 0 Å². The van der Waals surface area contributed by atoms with Crippen molar-refractivity contribution in [3.63, 3.8) is 0 Å². The molecule has 1 aromatic heterocycles. The molecule has 0 bridgehead atoms. The zero-order chi connectivity index (χ0) is 16.9. The van der Waals surface area contributed by atoms with Crippen molar-refractivity contribution in [1.29, 1.82) is 0 Å². The quantitative estimate of drug-likeness (QED) is 0.694. The number of anilines is 3. The third kappa shape index (κ3) is 4.17. The fraction of sp³-hybridized carbons (Fsp3) is 0.0556. The molecular formula is C18H15BrN4O. The van der Waals surface area contributed by atoms with E-state index >= 15 is 0 Å². The van der Waals surface area contributed by atoms with Gasteiger partial charge in [-0.05, 0) is 48.9 Å². The van der Waals surface area contributed by atoms with Crippen LogP contribution in [-0.4, -0.2) is 15.9 Å². The maximum absolute atomic E-state index is 12.3. The average Bonchev–Trinajstić information content (AvgIpc) is 2.57. The number of rotatable bonds is 4. The summed E-state index contributed by atoms with van der Waals surface area (Å²) < 4.78 is 0.951. The number of amides is 1. The number of aryl methyl sites for hydroxylation is 1. The molecule has 24 heavy (non-hydrogen) atoms. The van der Waals surface area contributed by atoms with Gasteiger partial charge in [-0.25, -0.2) is 9.97 Å². The summed E-state index contributed by atoms with van der Waals surface area (Å²) in [6.07, 6.45) is 1.37. The number of hydrogen-bond acceptors (Lipinski definition) is 4. The minimum absolute atomic E-state index is 0.285. The molecule has 1 amide bonds. The van der Waals surface area contributed by atoms with Crippen LogP contribution in [0.15, 0.2) is 65.4 Å². The fourth-order valence-corrected chi connectivity index (χ4v) is 2.41. The summed E-state index contributed by atoms with van der Waals surface area (Å²) in [5.74, 6) is 0.281. The molecule has 3 rings (SSSR count). The first-order valence-corrected chi connectivity index (χ1v) is 8.12. The van der Waals surface area contributed by atoms with E-state index in [4.69, 9.17) is 0 Å². The van der Waals surface area contributed by atoms with E-state index in [9.17, 15) is 4.79 Å². The van der Waals surface area contributed by atoms with Gasteiger partial charge < -0.3 is 10.6 Å². The maximum atomic E-state index is 12.3. The topological polar surface area (TPSA) is 66.9 Å². The van der Waals surface area contributed by atoms with Gasteiger partial charge in [0, 0.05) is 21.9 Å². The molecule has 0 fully saturated rings. The molecule has 0 aliphatic rings. The molecule has 6 heteroatoms. The third-order valence-electron chi connectivity index (χ3n) is 3.29. The zero-order valence-corrected chi connectivity index (χ0v) is 14.5. The maximum Gasteiger partial charge on any atom is 0.274 e. The fourth-order valence-electron chi connectivity index (χ4n) is 2.15. The number of carbonyl (C=O) groups is 1. The number of carbonyl (C=O) groups excluding carboxylic acids is 1. The molecule has 3 aromatic rings. The summed E-state index contributed by atoms with van der Waals surface area (Å²) in [4.78, 5) is 20.5. The first-order valence-electron chi connectivity index (χ1n) is 7.33. The number of nitrogens with one attached hydrogen (secondary N) is 2. The highest BCUT2D eigenvalue weighted by atomic mass is 79.9. The summed E-state index contributed by atoms with van der Waals surface area (Å²) in [5, 5.41) is 5.98. The van der Waals surface area contributed by atoms with Gasteiger partial charge in [0.25, 0.3) is 5.91 Å². The van der Waals surface area contributed by atoms with Gasteiger partial charge in [0.15, 0.2) is 0 Å². The second kappa shape index (κ2) is 7.23. The minimum Gasteiger partial charge on any atom is -0.340 e. The molecule has 2 aromatic carbocycles.